The van der Waals surface area contributed by atoms with E-state index in [0.29, 0.717) is 12.2 Å². The van der Waals surface area contributed by atoms with Crippen molar-refractivity contribution in [2.75, 3.05) is 13.2 Å². The van der Waals surface area contributed by atoms with Crippen molar-refractivity contribution in [3.63, 3.8) is 0 Å². The average molecular weight is 541 g/mol. The lowest BCUT2D eigenvalue weighted by Gasteiger charge is -2.37. The van der Waals surface area contributed by atoms with Gasteiger partial charge in [-0.15, -0.1) is 0 Å². The SMILES string of the molecule is CCC1CCC(C2CCC(C(=O)Oc3ccc(/C=C/C(=O)OCCOC(=O)C(C)(C)CC)cc3C)CC2)CC1. The van der Waals surface area contributed by atoms with Crippen LogP contribution in [0.4, 0.5) is 0 Å². The van der Waals surface area contributed by atoms with Gasteiger partial charge in [-0.25, -0.2) is 4.79 Å². The van der Waals surface area contributed by atoms with Crippen LogP contribution in [0.15, 0.2) is 24.3 Å². The lowest BCUT2D eigenvalue weighted by Crippen LogP contribution is -2.30. The van der Waals surface area contributed by atoms with Crippen LogP contribution in [0.5, 0.6) is 5.75 Å². The van der Waals surface area contributed by atoms with Crippen LogP contribution in [-0.2, 0) is 23.9 Å². The Balaban J connectivity index is 1.40. The molecule has 0 saturated heterocycles. The Morgan fingerprint density at radius 3 is 2.10 bits per heavy atom. The fourth-order valence-electron chi connectivity index (χ4n) is 5.81. The zero-order valence-corrected chi connectivity index (χ0v) is 24.6. The normalized spacial score (nSPS) is 23.8. The Hall–Kier alpha value is -2.63. The minimum atomic E-state index is -0.547. The Morgan fingerprint density at radius 1 is 0.897 bits per heavy atom. The number of hydrogen-bond donors (Lipinski definition) is 0. The summed E-state index contributed by atoms with van der Waals surface area (Å²) in [6, 6.07) is 5.48. The molecule has 0 heterocycles. The zero-order valence-electron chi connectivity index (χ0n) is 24.6. The molecule has 0 unspecified atom stereocenters. The van der Waals surface area contributed by atoms with Crippen LogP contribution >= 0.6 is 0 Å². The van der Waals surface area contributed by atoms with E-state index in [1.165, 1.54) is 38.2 Å². The van der Waals surface area contributed by atoms with Crippen LogP contribution < -0.4 is 4.74 Å². The number of carbonyl (C=O) groups excluding carboxylic acids is 3. The Morgan fingerprint density at radius 2 is 1.51 bits per heavy atom. The largest absolute Gasteiger partial charge is 0.462 e. The molecule has 216 valence electrons. The van der Waals surface area contributed by atoms with E-state index in [1.807, 2.05) is 39.8 Å². The number of benzene rings is 1. The smallest absolute Gasteiger partial charge is 0.330 e. The summed E-state index contributed by atoms with van der Waals surface area (Å²) in [5.74, 6) is 2.16. The molecule has 0 aliphatic heterocycles. The van der Waals surface area contributed by atoms with Crippen molar-refractivity contribution < 1.29 is 28.6 Å². The van der Waals surface area contributed by atoms with Gasteiger partial charge in [-0.2, -0.15) is 0 Å². The number of rotatable bonds is 11. The summed E-state index contributed by atoms with van der Waals surface area (Å²) in [7, 11) is 0. The number of hydrogen-bond acceptors (Lipinski definition) is 6. The van der Waals surface area contributed by atoms with E-state index in [9.17, 15) is 14.4 Å². The molecule has 6 heteroatoms. The summed E-state index contributed by atoms with van der Waals surface area (Å²) in [6.45, 7) is 9.81. The highest BCUT2D eigenvalue weighted by Crippen LogP contribution is 2.42. The summed E-state index contributed by atoms with van der Waals surface area (Å²) >= 11 is 0. The molecule has 0 radical (unpaired) electrons. The second-order valence-electron chi connectivity index (χ2n) is 12.1. The molecule has 0 spiro atoms. The van der Waals surface area contributed by atoms with Crippen LogP contribution in [0.2, 0.25) is 0 Å². The third-order valence-corrected chi connectivity index (χ3v) is 9.06. The number of esters is 3. The van der Waals surface area contributed by atoms with E-state index in [4.69, 9.17) is 14.2 Å². The Bertz CT molecular complexity index is 993. The van der Waals surface area contributed by atoms with Gasteiger partial charge >= 0.3 is 17.9 Å². The molecule has 2 saturated carbocycles. The molecular weight excluding hydrogens is 492 g/mol. The lowest BCUT2D eigenvalue weighted by atomic mass is 9.69. The molecule has 2 aliphatic rings. The maximum atomic E-state index is 12.9. The molecule has 2 fully saturated rings. The molecule has 0 aromatic heterocycles. The van der Waals surface area contributed by atoms with Gasteiger partial charge in [-0.05, 0) is 113 Å². The van der Waals surface area contributed by atoms with Crippen LogP contribution in [0, 0.1) is 36.0 Å². The molecule has 0 N–H and O–H groups in total. The van der Waals surface area contributed by atoms with Gasteiger partial charge in [-0.3, -0.25) is 9.59 Å². The Kier molecular flexibility index (Phi) is 11.6. The van der Waals surface area contributed by atoms with Crippen LogP contribution in [0.1, 0.15) is 103 Å². The predicted octanol–water partition coefficient (Wildman–Crippen LogP) is 7.46. The summed E-state index contributed by atoms with van der Waals surface area (Å²) < 4.78 is 16.1. The first kappa shape index (κ1) is 30.9. The fourth-order valence-corrected chi connectivity index (χ4v) is 5.81. The maximum Gasteiger partial charge on any atom is 0.330 e. The number of ether oxygens (including phenoxy) is 3. The first-order valence-electron chi connectivity index (χ1n) is 15.0. The molecule has 2 aliphatic carbocycles. The molecule has 1 aromatic carbocycles. The highest BCUT2D eigenvalue weighted by atomic mass is 16.6. The summed E-state index contributed by atoms with van der Waals surface area (Å²) in [6.07, 6.45) is 14.6. The summed E-state index contributed by atoms with van der Waals surface area (Å²) in [5.41, 5.74) is 1.10. The van der Waals surface area contributed by atoms with Crippen molar-refractivity contribution in [2.45, 2.75) is 98.8 Å². The minimum Gasteiger partial charge on any atom is -0.462 e. The molecular formula is C33H48O6. The van der Waals surface area contributed by atoms with Gasteiger partial charge < -0.3 is 14.2 Å². The first-order chi connectivity index (χ1) is 18.6. The zero-order chi connectivity index (χ0) is 28.4. The van der Waals surface area contributed by atoms with Gasteiger partial charge in [0.1, 0.15) is 19.0 Å². The van der Waals surface area contributed by atoms with Crippen LogP contribution in [-0.4, -0.2) is 31.1 Å². The van der Waals surface area contributed by atoms with Gasteiger partial charge in [0.25, 0.3) is 0 Å². The van der Waals surface area contributed by atoms with Gasteiger partial charge in [0, 0.05) is 6.08 Å². The number of aryl methyl sites for hydroxylation is 1. The van der Waals surface area contributed by atoms with E-state index in [-0.39, 0.29) is 31.1 Å². The van der Waals surface area contributed by atoms with E-state index >= 15 is 0 Å². The summed E-state index contributed by atoms with van der Waals surface area (Å²) in [5, 5.41) is 0. The van der Waals surface area contributed by atoms with Crippen LogP contribution in [0.25, 0.3) is 6.08 Å². The monoisotopic (exact) mass is 540 g/mol. The highest BCUT2D eigenvalue weighted by Gasteiger charge is 2.33. The van der Waals surface area contributed by atoms with Crippen molar-refractivity contribution in [2.24, 2.45) is 29.1 Å². The van der Waals surface area contributed by atoms with Crippen molar-refractivity contribution in [1.82, 2.24) is 0 Å². The van der Waals surface area contributed by atoms with E-state index in [1.54, 1.807) is 12.1 Å². The highest BCUT2D eigenvalue weighted by molar-refractivity contribution is 5.87. The van der Waals surface area contributed by atoms with Crippen LogP contribution in [0.3, 0.4) is 0 Å². The second kappa shape index (κ2) is 14.7. The molecule has 0 atom stereocenters. The molecule has 0 amide bonds. The van der Waals surface area contributed by atoms with Crippen molar-refractivity contribution in [3.8, 4) is 5.75 Å². The van der Waals surface area contributed by atoms with E-state index in [2.05, 4.69) is 6.92 Å². The van der Waals surface area contributed by atoms with Crippen molar-refractivity contribution >= 4 is 24.0 Å². The van der Waals surface area contributed by atoms with Gasteiger partial charge in [0.15, 0.2) is 0 Å². The quantitative estimate of drug-likeness (QED) is 0.125. The third-order valence-electron chi connectivity index (χ3n) is 9.06. The topological polar surface area (TPSA) is 78.9 Å². The van der Waals surface area contributed by atoms with Crippen molar-refractivity contribution in [3.05, 3.63) is 35.4 Å². The average Bonchev–Trinajstić information content (AvgIpc) is 2.95. The molecule has 39 heavy (non-hydrogen) atoms. The first-order valence-corrected chi connectivity index (χ1v) is 15.0. The van der Waals surface area contributed by atoms with E-state index in [0.717, 1.165) is 54.6 Å². The molecule has 0 bridgehead atoms. The summed E-state index contributed by atoms with van der Waals surface area (Å²) in [4.78, 5) is 36.9. The molecule has 1 aromatic rings. The van der Waals surface area contributed by atoms with Gasteiger partial charge in [-0.1, -0.05) is 39.2 Å². The lowest BCUT2D eigenvalue weighted by molar-refractivity contribution is -0.157. The molecule has 3 rings (SSSR count). The van der Waals surface area contributed by atoms with Gasteiger partial charge in [0.05, 0.1) is 11.3 Å². The second-order valence-corrected chi connectivity index (χ2v) is 12.1. The van der Waals surface area contributed by atoms with E-state index < -0.39 is 11.4 Å². The third kappa shape index (κ3) is 9.22. The maximum absolute atomic E-state index is 12.9. The molecule has 6 nitrogen and oxygen atoms in total. The minimum absolute atomic E-state index is 0.00448. The van der Waals surface area contributed by atoms with Crippen molar-refractivity contribution in [1.29, 1.82) is 0 Å². The standard InChI is InChI=1S/C33H48O6/c1-6-24-8-12-26(13-9-24)27-14-16-28(17-15-27)31(35)39-29-18-10-25(22-23(29)3)11-19-30(34)37-20-21-38-32(36)33(4,5)7-2/h10-11,18-19,22,24,26-28H,6-9,12-17,20-21H2,1-5H3/b19-11+. The fraction of sp³-hybridized carbons (Fsp3) is 0.667. The predicted molar refractivity (Wildman–Crippen MR) is 153 cm³/mol. The van der Waals surface area contributed by atoms with Gasteiger partial charge in [0.2, 0.25) is 0 Å². The Labute approximate surface area is 234 Å². The number of carbonyl (C=O) groups is 3.